The maximum Gasteiger partial charge on any atom is 0.242 e. The van der Waals surface area contributed by atoms with Crippen molar-refractivity contribution in [2.75, 3.05) is 24.5 Å². The predicted molar refractivity (Wildman–Crippen MR) is 54.2 cm³/mol. The molecular formula is C10H10N4O. The monoisotopic (exact) mass is 202 g/mol. The van der Waals surface area contributed by atoms with Crippen LogP contribution in [0.5, 0.6) is 0 Å². The lowest BCUT2D eigenvalue weighted by atomic mass is 10.3. The maximum absolute atomic E-state index is 11.5. The Bertz CT molecular complexity index is 406. The Hall–Kier alpha value is -1.93. The second-order valence-corrected chi connectivity index (χ2v) is 3.24. The largest absolute Gasteiger partial charge is 0.307 e. The Balaban J connectivity index is 2.21. The second kappa shape index (κ2) is 4.07. The van der Waals surface area contributed by atoms with Crippen LogP contribution < -0.4 is 10.2 Å². The summed E-state index contributed by atoms with van der Waals surface area (Å²) in [6.45, 7) is 1.74. The van der Waals surface area contributed by atoms with Crippen LogP contribution in [0.3, 0.4) is 0 Å². The Morgan fingerprint density at radius 2 is 2.40 bits per heavy atom. The number of rotatable bonds is 1. The van der Waals surface area contributed by atoms with E-state index in [-0.39, 0.29) is 5.91 Å². The highest BCUT2D eigenvalue weighted by Gasteiger charge is 2.19. The molecule has 1 amide bonds. The molecule has 0 atom stereocenters. The lowest BCUT2D eigenvalue weighted by Gasteiger charge is -2.26. The van der Waals surface area contributed by atoms with Crippen molar-refractivity contribution in [3.63, 3.8) is 0 Å². The summed E-state index contributed by atoms with van der Waals surface area (Å²) in [5.41, 5.74) is 0.501. The summed E-state index contributed by atoms with van der Waals surface area (Å²) in [7, 11) is 0. The Labute approximate surface area is 87.3 Å². The van der Waals surface area contributed by atoms with Crippen LogP contribution in [0.1, 0.15) is 5.56 Å². The summed E-state index contributed by atoms with van der Waals surface area (Å²) >= 11 is 0. The van der Waals surface area contributed by atoms with Crippen molar-refractivity contribution in [1.29, 1.82) is 5.26 Å². The van der Waals surface area contributed by atoms with E-state index in [1.807, 2.05) is 6.07 Å². The molecule has 1 aromatic heterocycles. The molecular weight excluding hydrogens is 192 g/mol. The molecule has 1 saturated heterocycles. The van der Waals surface area contributed by atoms with Gasteiger partial charge in [0.2, 0.25) is 5.91 Å². The average Bonchev–Trinajstić information content (AvgIpc) is 2.30. The third-order valence-electron chi connectivity index (χ3n) is 2.24. The lowest BCUT2D eigenvalue weighted by Crippen LogP contribution is -2.48. The van der Waals surface area contributed by atoms with Gasteiger partial charge in [0.25, 0.3) is 0 Å². The zero-order valence-corrected chi connectivity index (χ0v) is 8.10. The van der Waals surface area contributed by atoms with Crippen LogP contribution in [-0.4, -0.2) is 30.5 Å². The van der Waals surface area contributed by atoms with E-state index in [1.54, 1.807) is 17.0 Å². The highest BCUT2D eigenvalue weighted by Crippen LogP contribution is 2.12. The molecule has 2 heterocycles. The van der Waals surface area contributed by atoms with Gasteiger partial charge in [-0.2, -0.15) is 5.26 Å². The topological polar surface area (TPSA) is 69.0 Å². The first kappa shape index (κ1) is 9.62. The van der Waals surface area contributed by atoms with Gasteiger partial charge in [0, 0.05) is 19.3 Å². The molecule has 0 saturated carbocycles. The van der Waals surface area contributed by atoms with Gasteiger partial charge < -0.3 is 5.32 Å². The number of hydrogen-bond donors (Lipinski definition) is 1. The van der Waals surface area contributed by atoms with Crippen molar-refractivity contribution in [2.24, 2.45) is 0 Å². The quantitative estimate of drug-likeness (QED) is 0.689. The fraction of sp³-hybridized carbons (Fsp3) is 0.300. The summed E-state index contributed by atoms with van der Waals surface area (Å²) in [6.07, 6.45) is 1.48. The van der Waals surface area contributed by atoms with Crippen LogP contribution in [0.25, 0.3) is 0 Å². The molecule has 0 unspecified atom stereocenters. The predicted octanol–water partition coefficient (Wildman–Crippen LogP) is -0.111. The van der Waals surface area contributed by atoms with Crippen LogP contribution >= 0.6 is 0 Å². The molecule has 0 radical (unpaired) electrons. The number of carbonyl (C=O) groups excluding carboxylic acids is 1. The molecule has 1 N–H and O–H groups in total. The maximum atomic E-state index is 11.5. The third kappa shape index (κ3) is 1.95. The molecule has 1 aliphatic heterocycles. The molecule has 1 fully saturated rings. The SMILES string of the molecule is N#Cc1ccc(N2CCNCC2=O)nc1. The lowest BCUT2D eigenvalue weighted by molar-refractivity contribution is -0.118. The van der Waals surface area contributed by atoms with Gasteiger partial charge in [0.1, 0.15) is 11.9 Å². The van der Waals surface area contributed by atoms with Gasteiger partial charge in [-0.05, 0) is 12.1 Å². The Morgan fingerprint density at radius 1 is 1.53 bits per heavy atom. The zero-order valence-electron chi connectivity index (χ0n) is 8.10. The highest BCUT2D eigenvalue weighted by atomic mass is 16.2. The van der Waals surface area contributed by atoms with E-state index >= 15 is 0 Å². The summed E-state index contributed by atoms with van der Waals surface area (Å²) < 4.78 is 0. The molecule has 5 nitrogen and oxygen atoms in total. The van der Waals surface area contributed by atoms with Crippen molar-refractivity contribution < 1.29 is 4.79 Å². The van der Waals surface area contributed by atoms with Gasteiger partial charge in [-0.25, -0.2) is 4.98 Å². The summed E-state index contributed by atoms with van der Waals surface area (Å²) in [5, 5.41) is 11.6. The molecule has 1 aliphatic rings. The minimum Gasteiger partial charge on any atom is -0.307 e. The number of hydrogen-bond acceptors (Lipinski definition) is 4. The van der Waals surface area contributed by atoms with Crippen molar-refractivity contribution in [3.05, 3.63) is 23.9 Å². The molecule has 0 bridgehead atoms. The number of anilines is 1. The summed E-state index contributed by atoms with van der Waals surface area (Å²) in [6, 6.07) is 5.35. The minimum atomic E-state index is 0.0125. The second-order valence-electron chi connectivity index (χ2n) is 3.24. The number of nitriles is 1. The van der Waals surface area contributed by atoms with Crippen LogP contribution in [-0.2, 0) is 4.79 Å². The smallest absolute Gasteiger partial charge is 0.242 e. The van der Waals surface area contributed by atoms with E-state index in [0.717, 1.165) is 6.54 Å². The van der Waals surface area contributed by atoms with Gasteiger partial charge in [-0.15, -0.1) is 0 Å². The van der Waals surface area contributed by atoms with Crippen molar-refractivity contribution in [3.8, 4) is 6.07 Å². The van der Waals surface area contributed by atoms with Gasteiger partial charge in [0.15, 0.2) is 0 Å². The standard InChI is InChI=1S/C10H10N4O/c11-5-8-1-2-9(13-6-8)14-4-3-12-7-10(14)15/h1-2,6,12H,3-4,7H2. The fourth-order valence-electron chi connectivity index (χ4n) is 1.46. The Kier molecular flexibility index (Phi) is 2.61. The van der Waals surface area contributed by atoms with Crippen LogP contribution in [0.4, 0.5) is 5.82 Å². The van der Waals surface area contributed by atoms with E-state index in [1.165, 1.54) is 6.20 Å². The molecule has 0 spiro atoms. The molecule has 0 aromatic carbocycles. The molecule has 15 heavy (non-hydrogen) atoms. The van der Waals surface area contributed by atoms with Crippen LogP contribution in [0.15, 0.2) is 18.3 Å². The van der Waals surface area contributed by atoms with Crippen LogP contribution in [0.2, 0.25) is 0 Å². The number of nitrogens with zero attached hydrogens (tertiary/aromatic N) is 3. The first-order valence-electron chi connectivity index (χ1n) is 4.68. The highest BCUT2D eigenvalue weighted by molar-refractivity contribution is 5.94. The van der Waals surface area contributed by atoms with E-state index < -0.39 is 0 Å². The third-order valence-corrected chi connectivity index (χ3v) is 2.24. The number of pyridine rings is 1. The van der Waals surface area contributed by atoms with E-state index in [0.29, 0.717) is 24.5 Å². The van der Waals surface area contributed by atoms with Gasteiger partial charge in [0.05, 0.1) is 12.1 Å². The van der Waals surface area contributed by atoms with E-state index in [2.05, 4.69) is 10.3 Å². The van der Waals surface area contributed by atoms with Gasteiger partial charge in [-0.3, -0.25) is 9.69 Å². The number of aromatic nitrogens is 1. The number of nitrogens with one attached hydrogen (secondary N) is 1. The molecule has 2 rings (SSSR count). The molecule has 1 aromatic rings. The summed E-state index contributed by atoms with van der Waals surface area (Å²) in [5.74, 6) is 0.624. The first-order chi connectivity index (χ1) is 7.31. The van der Waals surface area contributed by atoms with Crippen molar-refractivity contribution in [2.45, 2.75) is 0 Å². The normalized spacial score (nSPS) is 16.2. The van der Waals surface area contributed by atoms with Crippen molar-refractivity contribution in [1.82, 2.24) is 10.3 Å². The average molecular weight is 202 g/mol. The van der Waals surface area contributed by atoms with Crippen molar-refractivity contribution >= 4 is 11.7 Å². The molecule has 5 heteroatoms. The van der Waals surface area contributed by atoms with Gasteiger partial charge >= 0.3 is 0 Å². The number of amides is 1. The van der Waals surface area contributed by atoms with E-state index in [9.17, 15) is 4.79 Å². The zero-order chi connectivity index (χ0) is 10.7. The van der Waals surface area contributed by atoms with Gasteiger partial charge in [-0.1, -0.05) is 0 Å². The first-order valence-corrected chi connectivity index (χ1v) is 4.68. The number of piperazine rings is 1. The Morgan fingerprint density at radius 3 is 3.00 bits per heavy atom. The minimum absolute atomic E-state index is 0.0125. The summed E-state index contributed by atoms with van der Waals surface area (Å²) in [4.78, 5) is 17.2. The molecule has 0 aliphatic carbocycles. The fourth-order valence-corrected chi connectivity index (χ4v) is 1.46. The van der Waals surface area contributed by atoms with Crippen LogP contribution in [0, 0.1) is 11.3 Å². The van der Waals surface area contributed by atoms with E-state index in [4.69, 9.17) is 5.26 Å². The molecule has 76 valence electrons. The number of carbonyl (C=O) groups is 1.